The van der Waals surface area contributed by atoms with E-state index < -0.39 is 0 Å². The van der Waals surface area contributed by atoms with Crippen molar-refractivity contribution in [3.05, 3.63) is 35.6 Å². The molecule has 0 spiro atoms. The van der Waals surface area contributed by atoms with Crippen LogP contribution in [0.25, 0.3) is 0 Å². The van der Waals surface area contributed by atoms with Gasteiger partial charge in [0.05, 0.1) is 0 Å². The van der Waals surface area contributed by atoms with Gasteiger partial charge in [0.25, 0.3) is 0 Å². The van der Waals surface area contributed by atoms with Crippen LogP contribution in [0.3, 0.4) is 0 Å². The molecule has 4 bridgehead atoms. The lowest BCUT2D eigenvalue weighted by atomic mass is 9.53. The van der Waals surface area contributed by atoms with Crippen LogP contribution in [-0.4, -0.2) is 5.54 Å². The highest BCUT2D eigenvalue weighted by molar-refractivity contribution is 5.18. The molecule has 0 unspecified atom stereocenters. The second-order valence-corrected chi connectivity index (χ2v) is 7.14. The third-order valence-electron chi connectivity index (χ3n) is 5.65. The molecule has 0 radical (unpaired) electrons. The Hall–Kier alpha value is -0.890. The Morgan fingerprint density at radius 1 is 1.00 bits per heavy atom. The summed E-state index contributed by atoms with van der Waals surface area (Å²) < 4.78 is 13.7. The Bertz CT molecular complexity index is 447. The van der Waals surface area contributed by atoms with E-state index in [0.29, 0.717) is 12.1 Å². The molecule has 4 aliphatic carbocycles. The third kappa shape index (κ3) is 2.10. The van der Waals surface area contributed by atoms with Crippen LogP contribution in [0.2, 0.25) is 0 Å². The summed E-state index contributed by atoms with van der Waals surface area (Å²) in [5, 5.41) is 3.74. The molecule has 5 rings (SSSR count). The van der Waals surface area contributed by atoms with E-state index in [4.69, 9.17) is 0 Å². The van der Waals surface area contributed by atoms with Crippen molar-refractivity contribution in [2.24, 2.45) is 17.8 Å². The largest absolute Gasteiger partial charge is 0.307 e. The molecule has 1 aromatic rings. The van der Waals surface area contributed by atoms with Crippen LogP contribution in [0.1, 0.15) is 44.1 Å². The van der Waals surface area contributed by atoms with E-state index in [9.17, 15) is 4.39 Å². The average molecular weight is 259 g/mol. The van der Waals surface area contributed by atoms with Crippen molar-refractivity contribution in [3.63, 3.8) is 0 Å². The second-order valence-electron chi connectivity index (χ2n) is 7.14. The van der Waals surface area contributed by atoms with Crippen molar-refractivity contribution >= 4 is 0 Å². The lowest BCUT2D eigenvalue weighted by Gasteiger charge is -2.57. The van der Waals surface area contributed by atoms with Gasteiger partial charge in [-0.1, -0.05) is 18.2 Å². The Balaban J connectivity index is 1.49. The Morgan fingerprint density at radius 3 is 2.16 bits per heavy atom. The maximum atomic E-state index is 13.7. The lowest BCUT2D eigenvalue weighted by Crippen LogP contribution is -2.58. The number of halogens is 1. The zero-order valence-corrected chi connectivity index (χ0v) is 11.4. The van der Waals surface area contributed by atoms with E-state index in [-0.39, 0.29) is 5.82 Å². The summed E-state index contributed by atoms with van der Waals surface area (Å²) >= 11 is 0. The Kier molecular flexibility index (Phi) is 2.70. The fourth-order valence-electron chi connectivity index (χ4n) is 5.25. The van der Waals surface area contributed by atoms with Crippen LogP contribution in [0.15, 0.2) is 24.3 Å². The minimum Gasteiger partial charge on any atom is -0.307 e. The topological polar surface area (TPSA) is 12.0 Å². The summed E-state index contributed by atoms with van der Waals surface area (Å²) in [5.74, 6) is 2.76. The van der Waals surface area contributed by atoms with Gasteiger partial charge < -0.3 is 5.32 Å². The molecule has 1 nitrogen and oxygen atoms in total. The standard InChI is InChI=1S/C17H22FN/c18-16-4-2-1-3-15(16)11-19-17-8-12-5-13(9-17)7-14(6-12)10-17/h1-4,12-14,19H,5-11H2. The van der Waals surface area contributed by atoms with Gasteiger partial charge in [0.15, 0.2) is 0 Å². The SMILES string of the molecule is Fc1ccccc1CNC12CC3CC(CC(C3)C1)C2. The quantitative estimate of drug-likeness (QED) is 0.868. The van der Waals surface area contributed by atoms with E-state index in [1.54, 1.807) is 12.1 Å². The summed E-state index contributed by atoms with van der Waals surface area (Å²) in [7, 11) is 0. The van der Waals surface area contributed by atoms with E-state index in [1.165, 1.54) is 38.5 Å². The zero-order chi connectivity index (χ0) is 12.9. The predicted octanol–water partition coefficient (Wildman–Crippen LogP) is 3.88. The van der Waals surface area contributed by atoms with Gasteiger partial charge in [-0.15, -0.1) is 0 Å². The summed E-state index contributed by atoms with van der Waals surface area (Å²) in [6, 6.07) is 7.17. The third-order valence-corrected chi connectivity index (χ3v) is 5.65. The predicted molar refractivity (Wildman–Crippen MR) is 74.1 cm³/mol. The van der Waals surface area contributed by atoms with Gasteiger partial charge in [-0.25, -0.2) is 4.39 Å². The van der Waals surface area contributed by atoms with Gasteiger partial charge in [0.1, 0.15) is 5.82 Å². The van der Waals surface area contributed by atoms with Crippen LogP contribution in [-0.2, 0) is 6.54 Å². The van der Waals surface area contributed by atoms with Crippen molar-refractivity contribution in [1.82, 2.24) is 5.32 Å². The summed E-state index contributed by atoms with van der Waals surface area (Å²) in [6.45, 7) is 0.693. The molecule has 0 atom stereocenters. The average Bonchev–Trinajstić information content (AvgIpc) is 2.36. The molecule has 1 N–H and O–H groups in total. The van der Waals surface area contributed by atoms with Crippen LogP contribution < -0.4 is 5.32 Å². The van der Waals surface area contributed by atoms with Gasteiger partial charge in [-0.2, -0.15) is 0 Å². The zero-order valence-electron chi connectivity index (χ0n) is 11.4. The molecular formula is C17H22FN. The minimum absolute atomic E-state index is 0.0697. The van der Waals surface area contributed by atoms with E-state index in [1.807, 2.05) is 12.1 Å². The van der Waals surface area contributed by atoms with E-state index in [0.717, 1.165) is 23.3 Å². The first-order chi connectivity index (χ1) is 9.22. The highest BCUT2D eigenvalue weighted by atomic mass is 19.1. The minimum atomic E-state index is -0.0697. The van der Waals surface area contributed by atoms with E-state index >= 15 is 0 Å². The molecule has 102 valence electrons. The van der Waals surface area contributed by atoms with Gasteiger partial charge >= 0.3 is 0 Å². The highest BCUT2D eigenvalue weighted by Crippen LogP contribution is 2.55. The van der Waals surface area contributed by atoms with Gasteiger partial charge in [-0.3, -0.25) is 0 Å². The maximum absolute atomic E-state index is 13.7. The molecule has 0 aliphatic heterocycles. The van der Waals surface area contributed by atoms with Gasteiger partial charge in [-0.05, 0) is 62.3 Å². The number of rotatable bonds is 3. The summed E-state index contributed by atoms with van der Waals surface area (Å²) in [5.41, 5.74) is 1.15. The molecule has 0 saturated heterocycles. The molecule has 0 heterocycles. The maximum Gasteiger partial charge on any atom is 0.127 e. The molecule has 0 aromatic heterocycles. The molecular weight excluding hydrogens is 237 g/mol. The van der Waals surface area contributed by atoms with Crippen LogP contribution in [0, 0.1) is 23.6 Å². The highest BCUT2D eigenvalue weighted by Gasteiger charge is 2.50. The number of hydrogen-bond donors (Lipinski definition) is 1. The molecule has 4 fully saturated rings. The van der Waals surface area contributed by atoms with Crippen LogP contribution >= 0.6 is 0 Å². The van der Waals surface area contributed by atoms with Gasteiger partial charge in [0, 0.05) is 17.6 Å². The van der Waals surface area contributed by atoms with Crippen LogP contribution in [0.5, 0.6) is 0 Å². The summed E-state index contributed by atoms with van der Waals surface area (Å²) in [4.78, 5) is 0. The molecule has 4 saturated carbocycles. The molecule has 2 heteroatoms. The van der Waals surface area contributed by atoms with Crippen molar-refractivity contribution < 1.29 is 4.39 Å². The number of hydrogen-bond acceptors (Lipinski definition) is 1. The summed E-state index contributed by atoms with van der Waals surface area (Å²) in [6.07, 6.45) is 8.36. The van der Waals surface area contributed by atoms with Crippen molar-refractivity contribution in [1.29, 1.82) is 0 Å². The first-order valence-electron chi connectivity index (χ1n) is 7.71. The monoisotopic (exact) mass is 259 g/mol. The van der Waals surface area contributed by atoms with Crippen molar-refractivity contribution in [2.75, 3.05) is 0 Å². The molecule has 1 aromatic carbocycles. The smallest absolute Gasteiger partial charge is 0.127 e. The normalized spacial score (nSPS) is 39.7. The second kappa shape index (κ2) is 4.31. The first-order valence-corrected chi connectivity index (χ1v) is 7.71. The van der Waals surface area contributed by atoms with Crippen molar-refractivity contribution in [3.8, 4) is 0 Å². The molecule has 0 amide bonds. The van der Waals surface area contributed by atoms with Gasteiger partial charge in [0.2, 0.25) is 0 Å². The first kappa shape index (κ1) is 11.9. The van der Waals surface area contributed by atoms with E-state index in [2.05, 4.69) is 5.32 Å². The lowest BCUT2D eigenvalue weighted by molar-refractivity contribution is -0.0207. The number of nitrogens with one attached hydrogen (secondary N) is 1. The number of benzene rings is 1. The fraction of sp³-hybridized carbons (Fsp3) is 0.647. The Labute approximate surface area is 114 Å². The Morgan fingerprint density at radius 2 is 1.58 bits per heavy atom. The van der Waals surface area contributed by atoms with Crippen molar-refractivity contribution in [2.45, 2.75) is 50.6 Å². The fourth-order valence-corrected chi connectivity index (χ4v) is 5.25. The molecule has 19 heavy (non-hydrogen) atoms. The molecule has 4 aliphatic rings. The van der Waals surface area contributed by atoms with Crippen LogP contribution in [0.4, 0.5) is 4.39 Å².